The second kappa shape index (κ2) is 12.6. The normalized spacial score (nSPS) is 21.1. The highest BCUT2D eigenvalue weighted by Crippen LogP contribution is 2.46. The van der Waals surface area contributed by atoms with Crippen molar-refractivity contribution in [2.75, 3.05) is 33.3 Å². The first-order valence-electron chi connectivity index (χ1n) is 14.0. The molecule has 0 aromatic heterocycles. The lowest BCUT2D eigenvalue weighted by molar-refractivity contribution is -0.144. The Bertz CT molecular complexity index is 1060. The van der Waals surface area contributed by atoms with Crippen LogP contribution in [0, 0.1) is 5.92 Å². The molecule has 0 saturated carbocycles. The van der Waals surface area contributed by atoms with E-state index in [0.717, 1.165) is 74.9 Å². The summed E-state index contributed by atoms with van der Waals surface area (Å²) < 4.78 is 5.35. The van der Waals surface area contributed by atoms with Crippen molar-refractivity contribution in [3.8, 4) is 5.75 Å². The minimum atomic E-state index is -0.810. The molecule has 1 aliphatic heterocycles. The standard InChI is InChI=1S/C31H42N2O4/c1-4-6-17-32(18-7-5-2)28(34)21-33-20-27(25-12-11-22-9-8-10-24(22)19-25)29(31(35)36)30(33)23-13-15-26(37-3)16-14-23/h11-16,19,27,29-30H,4-10,17-18,20-21H2,1-3H3,(H,35,36). The van der Waals surface area contributed by atoms with Crippen molar-refractivity contribution in [3.05, 3.63) is 64.7 Å². The van der Waals surface area contributed by atoms with Gasteiger partial charge in [-0.2, -0.15) is 0 Å². The molecular weight excluding hydrogens is 464 g/mol. The van der Waals surface area contributed by atoms with Crippen LogP contribution in [0.25, 0.3) is 0 Å². The van der Waals surface area contributed by atoms with Crippen molar-refractivity contribution in [2.45, 2.75) is 70.8 Å². The van der Waals surface area contributed by atoms with E-state index in [9.17, 15) is 14.7 Å². The number of fused-ring (bicyclic) bond motifs is 1. The Morgan fingerprint density at radius 1 is 0.973 bits per heavy atom. The molecule has 1 N–H and O–H groups in total. The van der Waals surface area contributed by atoms with Gasteiger partial charge >= 0.3 is 5.97 Å². The van der Waals surface area contributed by atoms with Gasteiger partial charge in [0.05, 0.1) is 19.6 Å². The van der Waals surface area contributed by atoms with Crippen molar-refractivity contribution in [1.29, 1.82) is 0 Å². The Morgan fingerprint density at radius 3 is 2.24 bits per heavy atom. The van der Waals surface area contributed by atoms with Crippen LogP contribution in [0.15, 0.2) is 42.5 Å². The number of benzene rings is 2. The van der Waals surface area contributed by atoms with Crippen LogP contribution in [-0.4, -0.2) is 60.1 Å². The van der Waals surface area contributed by atoms with Gasteiger partial charge in [0.1, 0.15) is 5.75 Å². The molecule has 0 spiro atoms. The molecule has 0 bridgehead atoms. The summed E-state index contributed by atoms with van der Waals surface area (Å²) in [6.07, 6.45) is 7.35. The van der Waals surface area contributed by atoms with E-state index in [1.807, 2.05) is 29.2 Å². The number of hydrogen-bond acceptors (Lipinski definition) is 4. The Hall–Kier alpha value is -2.86. The topological polar surface area (TPSA) is 70.1 Å². The van der Waals surface area contributed by atoms with Crippen molar-refractivity contribution >= 4 is 11.9 Å². The Labute approximate surface area is 221 Å². The maximum Gasteiger partial charge on any atom is 0.309 e. The molecule has 1 heterocycles. The average molecular weight is 507 g/mol. The number of amides is 1. The zero-order valence-electron chi connectivity index (χ0n) is 22.6. The van der Waals surface area contributed by atoms with Crippen molar-refractivity contribution in [3.63, 3.8) is 0 Å². The van der Waals surface area contributed by atoms with E-state index in [2.05, 4.69) is 36.9 Å². The van der Waals surface area contributed by atoms with Crippen LogP contribution in [0.4, 0.5) is 0 Å². The van der Waals surface area contributed by atoms with E-state index >= 15 is 0 Å². The molecule has 3 unspecified atom stereocenters. The minimum absolute atomic E-state index is 0.0964. The lowest BCUT2D eigenvalue weighted by Crippen LogP contribution is -2.42. The number of aliphatic carboxylic acids is 1. The average Bonchev–Trinajstić information content (AvgIpc) is 3.53. The number of ether oxygens (including phenoxy) is 1. The highest BCUT2D eigenvalue weighted by Gasteiger charge is 2.48. The molecule has 3 atom stereocenters. The molecule has 0 radical (unpaired) electrons. The fourth-order valence-corrected chi connectivity index (χ4v) is 6.08. The number of aryl methyl sites for hydroxylation is 2. The molecule has 6 nitrogen and oxygen atoms in total. The molecule has 1 saturated heterocycles. The van der Waals surface area contributed by atoms with E-state index in [1.165, 1.54) is 11.1 Å². The summed E-state index contributed by atoms with van der Waals surface area (Å²) in [6, 6.07) is 13.8. The van der Waals surface area contributed by atoms with Gasteiger partial charge in [-0.1, -0.05) is 57.0 Å². The summed E-state index contributed by atoms with van der Waals surface area (Å²) in [6.45, 7) is 6.57. The zero-order valence-corrected chi connectivity index (χ0v) is 22.6. The van der Waals surface area contributed by atoms with Crippen molar-refractivity contribution in [1.82, 2.24) is 9.80 Å². The Balaban J connectivity index is 1.67. The highest BCUT2D eigenvalue weighted by atomic mass is 16.5. The lowest BCUT2D eigenvalue weighted by Gasteiger charge is -2.30. The van der Waals surface area contributed by atoms with Crippen LogP contribution in [0.3, 0.4) is 0 Å². The fraction of sp³-hybridized carbons (Fsp3) is 0.548. The maximum atomic E-state index is 13.6. The summed E-state index contributed by atoms with van der Waals surface area (Å²) in [7, 11) is 1.63. The van der Waals surface area contributed by atoms with E-state index in [-0.39, 0.29) is 24.4 Å². The molecule has 2 aromatic carbocycles. The third-order valence-corrected chi connectivity index (χ3v) is 8.15. The second-order valence-electron chi connectivity index (χ2n) is 10.6. The van der Waals surface area contributed by atoms with Crippen molar-refractivity contribution < 1.29 is 19.4 Å². The van der Waals surface area contributed by atoms with Crippen LogP contribution < -0.4 is 4.74 Å². The van der Waals surface area contributed by atoms with Crippen LogP contribution >= 0.6 is 0 Å². The van der Waals surface area contributed by atoms with E-state index in [4.69, 9.17) is 4.74 Å². The SMILES string of the molecule is CCCCN(CCCC)C(=O)CN1CC(c2ccc3c(c2)CCC3)C(C(=O)O)C1c1ccc(OC)cc1. The highest BCUT2D eigenvalue weighted by molar-refractivity contribution is 5.79. The predicted molar refractivity (Wildman–Crippen MR) is 146 cm³/mol. The number of carbonyl (C=O) groups excluding carboxylic acids is 1. The van der Waals surface area contributed by atoms with Crippen LogP contribution in [0.5, 0.6) is 5.75 Å². The molecule has 4 rings (SSSR count). The maximum absolute atomic E-state index is 13.6. The number of likely N-dealkylation sites (tertiary alicyclic amines) is 1. The molecule has 6 heteroatoms. The van der Waals surface area contributed by atoms with Crippen molar-refractivity contribution in [2.24, 2.45) is 5.92 Å². The molecule has 1 aliphatic carbocycles. The first-order valence-corrected chi connectivity index (χ1v) is 14.0. The van der Waals surface area contributed by atoms with E-state index in [1.54, 1.807) is 7.11 Å². The quantitative estimate of drug-likeness (QED) is 0.414. The molecule has 1 amide bonds. The van der Waals surface area contributed by atoms with Gasteiger partial charge in [-0.3, -0.25) is 14.5 Å². The number of unbranched alkanes of at least 4 members (excludes halogenated alkanes) is 2. The molecule has 37 heavy (non-hydrogen) atoms. The number of nitrogens with zero attached hydrogens (tertiary/aromatic N) is 2. The summed E-state index contributed by atoms with van der Waals surface area (Å²) >= 11 is 0. The first-order chi connectivity index (χ1) is 18.0. The summed E-state index contributed by atoms with van der Waals surface area (Å²) in [5.41, 5.74) is 4.73. The number of carbonyl (C=O) groups is 2. The fourth-order valence-electron chi connectivity index (χ4n) is 6.08. The van der Waals surface area contributed by atoms with Gasteiger partial charge in [-0.05, 0) is 66.5 Å². The van der Waals surface area contributed by atoms with Crippen LogP contribution in [0.1, 0.15) is 80.2 Å². The third kappa shape index (κ3) is 6.18. The number of hydrogen-bond donors (Lipinski definition) is 1. The summed E-state index contributed by atoms with van der Waals surface area (Å²) in [5, 5.41) is 10.5. The molecule has 200 valence electrons. The first kappa shape index (κ1) is 27.2. The van der Waals surface area contributed by atoms with Crippen LogP contribution in [-0.2, 0) is 22.4 Å². The summed E-state index contributed by atoms with van der Waals surface area (Å²) in [4.78, 5) is 30.5. The predicted octanol–water partition coefficient (Wildman–Crippen LogP) is 5.45. The molecular formula is C31H42N2O4. The van der Waals surface area contributed by atoms with Crippen LogP contribution in [0.2, 0.25) is 0 Å². The largest absolute Gasteiger partial charge is 0.497 e. The van der Waals surface area contributed by atoms with Gasteiger partial charge in [-0.25, -0.2) is 0 Å². The van der Waals surface area contributed by atoms with Gasteiger partial charge in [0, 0.05) is 31.6 Å². The molecule has 2 aromatic rings. The monoisotopic (exact) mass is 506 g/mol. The third-order valence-electron chi connectivity index (χ3n) is 8.15. The minimum Gasteiger partial charge on any atom is -0.497 e. The number of rotatable bonds is 12. The summed E-state index contributed by atoms with van der Waals surface area (Å²) in [5.74, 6) is -0.797. The number of carboxylic acids is 1. The Kier molecular flexibility index (Phi) is 9.25. The van der Waals surface area contributed by atoms with Gasteiger partial charge < -0.3 is 14.7 Å². The second-order valence-corrected chi connectivity index (χ2v) is 10.6. The van der Waals surface area contributed by atoms with Gasteiger partial charge in [0.25, 0.3) is 0 Å². The molecule has 1 fully saturated rings. The zero-order chi connectivity index (χ0) is 26.4. The lowest BCUT2D eigenvalue weighted by atomic mass is 9.82. The molecule has 2 aliphatic rings. The number of methoxy groups -OCH3 is 1. The van der Waals surface area contributed by atoms with Gasteiger partial charge in [0.2, 0.25) is 5.91 Å². The number of carboxylic acid groups (broad SMARTS) is 1. The Morgan fingerprint density at radius 2 is 1.62 bits per heavy atom. The van der Waals surface area contributed by atoms with E-state index in [0.29, 0.717) is 6.54 Å². The van der Waals surface area contributed by atoms with E-state index < -0.39 is 11.9 Å². The van der Waals surface area contributed by atoms with Gasteiger partial charge in [-0.15, -0.1) is 0 Å². The smallest absolute Gasteiger partial charge is 0.309 e. The van der Waals surface area contributed by atoms with Gasteiger partial charge in [0.15, 0.2) is 0 Å².